The normalized spacial score (nSPS) is 18.4. The van der Waals surface area contributed by atoms with E-state index >= 15 is 0 Å². The lowest BCUT2D eigenvalue weighted by molar-refractivity contribution is 0.0588. The van der Waals surface area contributed by atoms with Crippen LogP contribution < -0.4 is 0 Å². The molecule has 2 amide bonds. The molecule has 0 spiro atoms. The van der Waals surface area contributed by atoms with Gasteiger partial charge in [-0.15, -0.1) is 0 Å². The molecule has 1 unspecified atom stereocenters. The van der Waals surface area contributed by atoms with E-state index in [-0.39, 0.29) is 29.7 Å². The Kier molecular flexibility index (Phi) is 8.82. The first-order valence-electron chi connectivity index (χ1n) is 11.9. The lowest BCUT2D eigenvalue weighted by Crippen LogP contribution is -2.41. The zero-order valence-corrected chi connectivity index (χ0v) is 19.8. The van der Waals surface area contributed by atoms with Crippen LogP contribution in [0.2, 0.25) is 0 Å². The first kappa shape index (κ1) is 24.8. The van der Waals surface area contributed by atoms with E-state index in [0.29, 0.717) is 43.4 Å². The Hall–Kier alpha value is -1.80. The van der Waals surface area contributed by atoms with Crippen LogP contribution in [0.25, 0.3) is 0 Å². The molecule has 0 radical (unpaired) electrons. The summed E-state index contributed by atoms with van der Waals surface area (Å²) in [5, 5.41) is -0.358. The molecule has 3 rings (SSSR count). The number of amides is 2. The van der Waals surface area contributed by atoms with Crippen LogP contribution in [0.3, 0.4) is 0 Å². The van der Waals surface area contributed by atoms with Gasteiger partial charge in [0.05, 0.1) is 16.4 Å². The van der Waals surface area contributed by atoms with Crippen molar-refractivity contribution < 1.29 is 22.4 Å². The number of sulfonamides is 1. The number of hydrogen-bond acceptors (Lipinski definition) is 4. The Morgan fingerprint density at radius 2 is 1.56 bits per heavy atom. The van der Waals surface area contributed by atoms with Crippen LogP contribution in [-0.2, 0) is 10.0 Å². The van der Waals surface area contributed by atoms with Gasteiger partial charge in [0.1, 0.15) is 6.67 Å². The fraction of sp³-hybridized carbons (Fsp3) is 0.667. The second kappa shape index (κ2) is 11.4. The summed E-state index contributed by atoms with van der Waals surface area (Å²) in [6, 6.07) is 6.72. The van der Waals surface area contributed by atoms with Crippen molar-refractivity contribution in [1.82, 2.24) is 9.21 Å². The lowest BCUT2D eigenvalue weighted by Gasteiger charge is -2.29. The van der Waals surface area contributed by atoms with Gasteiger partial charge in [0, 0.05) is 19.1 Å². The summed E-state index contributed by atoms with van der Waals surface area (Å²) in [4.78, 5) is 26.5. The molecule has 32 heavy (non-hydrogen) atoms. The molecule has 1 fully saturated rings. The van der Waals surface area contributed by atoms with Crippen molar-refractivity contribution in [2.45, 2.75) is 82.4 Å². The number of nitrogens with zero attached hydrogens (tertiary/aromatic N) is 2. The zero-order valence-electron chi connectivity index (χ0n) is 19.0. The summed E-state index contributed by atoms with van der Waals surface area (Å²) < 4.78 is 40.1. The van der Waals surface area contributed by atoms with E-state index < -0.39 is 16.7 Å². The van der Waals surface area contributed by atoms with Crippen LogP contribution in [0.1, 0.15) is 91.8 Å². The average molecular weight is 467 g/mol. The van der Waals surface area contributed by atoms with Gasteiger partial charge in [-0.05, 0) is 44.7 Å². The number of imide groups is 1. The number of carbonyl (C=O) groups is 2. The quantitative estimate of drug-likeness (QED) is 0.334. The smallest absolute Gasteiger partial charge is 0.261 e. The van der Waals surface area contributed by atoms with Crippen molar-refractivity contribution >= 4 is 21.8 Å². The molecule has 178 valence electrons. The molecule has 6 nitrogen and oxygen atoms in total. The summed E-state index contributed by atoms with van der Waals surface area (Å²) >= 11 is 0. The molecule has 1 heterocycles. The lowest BCUT2D eigenvalue weighted by atomic mass is 10.0. The van der Waals surface area contributed by atoms with Crippen LogP contribution in [-0.4, -0.2) is 60.5 Å². The second-order valence-corrected chi connectivity index (χ2v) is 11.2. The largest absolute Gasteiger partial charge is 0.272 e. The molecule has 1 aliphatic heterocycles. The summed E-state index contributed by atoms with van der Waals surface area (Å²) in [6.07, 6.45) is 8.24. The standard InChI is InChI=1S/C24H35FN2O4S/c1-19(27-23(28)21-14-8-9-15-22(21)24(27)29)11-5-2-3-10-17-26(18-16-25)32(30,31)20-12-6-4-7-13-20/h8-9,14-15,19-20H,2-7,10-13,16-18H2,1H3. The Morgan fingerprint density at radius 3 is 2.16 bits per heavy atom. The number of benzene rings is 1. The minimum absolute atomic E-state index is 0.0599. The highest BCUT2D eigenvalue weighted by Crippen LogP contribution is 2.27. The van der Waals surface area contributed by atoms with Crippen molar-refractivity contribution in [3.8, 4) is 0 Å². The van der Waals surface area contributed by atoms with Crippen LogP contribution in [0, 0.1) is 0 Å². The Balaban J connectivity index is 1.41. The zero-order chi connectivity index (χ0) is 23.1. The summed E-state index contributed by atoms with van der Waals surface area (Å²) in [7, 11) is -3.43. The highest BCUT2D eigenvalue weighted by atomic mass is 32.2. The number of fused-ring (bicyclic) bond motifs is 1. The Bertz CT molecular complexity index is 864. The third kappa shape index (κ3) is 5.57. The number of alkyl halides is 1. The second-order valence-electron chi connectivity index (χ2n) is 8.97. The SMILES string of the molecule is CC(CCCCCCN(CCF)S(=O)(=O)C1CCCCC1)N1C(=O)c2ccccc2C1=O. The van der Waals surface area contributed by atoms with Crippen molar-refractivity contribution in [3.05, 3.63) is 35.4 Å². The summed E-state index contributed by atoms with van der Waals surface area (Å²) in [6.45, 7) is 1.53. The van der Waals surface area contributed by atoms with Crippen LogP contribution in [0.4, 0.5) is 4.39 Å². The number of hydrogen-bond donors (Lipinski definition) is 0. The summed E-state index contributed by atoms with van der Waals surface area (Å²) in [5.41, 5.74) is 0.938. The van der Waals surface area contributed by atoms with Crippen molar-refractivity contribution in [2.24, 2.45) is 0 Å². The monoisotopic (exact) mass is 466 g/mol. The van der Waals surface area contributed by atoms with E-state index in [4.69, 9.17) is 0 Å². The minimum atomic E-state index is -3.43. The first-order chi connectivity index (χ1) is 15.4. The minimum Gasteiger partial charge on any atom is -0.272 e. The van der Waals surface area contributed by atoms with Crippen molar-refractivity contribution in [2.75, 3.05) is 19.8 Å². The van der Waals surface area contributed by atoms with Gasteiger partial charge in [-0.1, -0.05) is 50.7 Å². The van der Waals surface area contributed by atoms with Crippen LogP contribution in [0.5, 0.6) is 0 Å². The molecule has 1 aliphatic carbocycles. The van der Waals surface area contributed by atoms with E-state index in [1.165, 1.54) is 9.21 Å². The van der Waals surface area contributed by atoms with Gasteiger partial charge in [0.2, 0.25) is 10.0 Å². The maximum absolute atomic E-state index is 13.0. The Labute approximate surface area is 191 Å². The van der Waals surface area contributed by atoms with Gasteiger partial charge in [-0.25, -0.2) is 12.8 Å². The fourth-order valence-corrected chi connectivity index (χ4v) is 6.91. The molecule has 0 aromatic heterocycles. The third-order valence-electron chi connectivity index (χ3n) is 6.71. The van der Waals surface area contributed by atoms with Crippen molar-refractivity contribution in [1.29, 1.82) is 0 Å². The predicted molar refractivity (Wildman–Crippen MR) is 123 cm³/mol. The molecular formula is C24H35FN2O4S. The average Bonchev–Trinajstić information content (AvgIpc) is 3.06. The van der Waals surface area contributed by atoms with Gasteiger partial charge in [-0.3, -0.25) is 14.5 Å². The van der Waals surface area contributed by atoms with Gasteiger partial charge < -0.3 is 0 Å². The predicted octanol–water partition coefficient (Wildman–Crippen LogP) is 4.56. The van der Waals surface area contributed by atoms with E-state index in [2.05, 4.69) is 0 Å². The molecule has 0 saturated heterocycles. The van der Waals surface area contributed by atoms with Gasteiger partial charge in [0.15, 0.2) is 0 Å². The number of rotatable bonds is 12. The van der Waals surface area contributed by atoms with E-state index in [1.54, 1.807) is 24.3 Å². The Morgan fingerprint density at radius 1 is 0.969 bits per heavy atom. The molecule has 1 saturated carbocycles. The number of unbranched alkanes of at least 4 members (excludes halogenated alkanes) is 3. The third-order valence-corrected chi connectivity index (χ3v) is 9.11. The summed E-state index contributed by atoms with van der Waals surface area (Å²) in [5.74, 6) is -0.458. The highest BCUT2D eigenvalue weighted by molar-refractivity contribution is 7.89. The first-order valence-corrected chi connectivity index (χ1v) is 13.4. The maximum Gasteiger partial charge on any atom is 0.261 e. The van der Waals surface area contributed by atoms with Crippen LogP contribution in [0.15, 0.2) is 24.3 Å². The molecule has 1 aromatic rings. The van der Waals surface area contributed by atoms with Gasteiger partial charge >= 0.3 is 0 Å². The molecule has 1 aromatic carbocycles. The topological polar surface area (TPSA) is 74.8 Å². The van der Waals surface area contributed by atoms with E-state index in [9.17, 15) is 22.4 Å². The van der Waals surface area contributed by atoms with Crippen LogP contribution >= 0.6 is 0 Å². The van der Waals surface area contributed by atoms with Crippen molar-refractivity contribution in [3.63, 3.8) is 0 Å². The molecule has 1 atom stereocenters. The fourth-order valence-electron chi connectivity index (χ4n) is 4.85. The van der Waals surface area contributed by atoms with Gasteiger partial charge in [-0.2, -0.15) is 4.31 Å². The molecule has 0 bridgehead atoms. The van der Waals surface area contributed by atoms with E-state index in [1.807, 2.05) is 6.92 Å². The molecule has 8 heteroatoms. The maximum atomic E-state index is 13.0. The highest BCUT2D eigenvalue weighted by Gasteiger charge is 2.37. The number of carbonyl (C=O) groups excluding carboxylic acids is 2. The molecular weight excluding hydrogens is 431 g/mol. The number of halogens is 1. The molecule has 0 N–H and O–H groups in total. The van der Waals surface area contributed by atoms with E-state index in [0.717, 1.165) is 38.5 Å². The van der Waals surface area contributed by atoms with Gasteiger partial charge in [0.25, 0.3) is 11.8 Å². The molecule has 2 aliphatic rings.